The average Bonchev–Trinajstić information content (AvgIpc) is 4.08. The molecule has 2 atom stereocenters. The topological polar surface area (TPSA) is 193 Å². The third-order valence-electron chi connectivity index (χ3n) is 15.9. The predicted octanol–water partition coefficient (Wildman–Crippen LogP) is 8.67. The molecule has 16 nitrogen and oxygen atoms in total. The number of hydrogen-bond donors (Lipinski definition) is 4. The van der Waals surface area contributed by atoms with Crippen molar-refractivity contribution in [3.63, 3.8) is 0 Å². The molecule has 6 aromatic rings. The van der Waals surface area contributed by atoms with Crippen LogP contribution in [0.1, 0.15) is 102 Å². The van der Waals surface area contributed by atoms with Crippen LogP contribution in [0.2, 0.25) is 0 Å². The van der Waals surface area contributed by atoms with Gasteiger partial charge in [-0.15, -0.1) is 0 Å². The van der Waals surface area contributed by atoms with Crippen LogP contribution >= 0.6 is 0 Å². The predicted molar refractivity (Wildman–Crippen MR) is 308 cm³/mol. The van der Waals surface area contributed by atoms with E-state index >= 15 is 0 Å². The number of nitrogens with one attached hydrogen (secondary N) is 4. The number of allylic oxidation sites excluding steroid dienone is 1. The van der Waals surface area contributed by atoms with Gasteiger partial charge in [-0.2, -0.15) is 0 Å². The number of rotatable bonds is 24. The van der Waals surface area contributed by atoms with E-state index in [4.69, 9.17) is 18.9 Å². The minimum Gasteiger partial charge on any atom is -0.497 e. The van der Waals surface area contributed by atoms with Gasteiger partial charge in [0.15, 0.2) is 0 Å². The monoisotopic (exact) mass is 1090 g/mol. The third-order valence-corrected chi connectivity index (χ3v) is 15.9. The Balaban J connectivity index is 0.000000210. The van der Waals surface area contributed by atoms with Crippen LogP contribution < -0.4 is 20.1 Å². The molecule has 4 amide bonds. The molecule has 2 aromatic heterocycles. The van der Waals surface area contributed by atoms with Gasteiger partial charge in [0.05, 0.1) is 77.7 Å². The second-order valence-corrected chi connectivity index (χ2v) is 22.0. The van der Waals surface area contributed by atoms with Gasteiger partial charge in [0.1, 0.15) is 34.8 Å². The number of amides is 4. The number of benzene rings is 4. The first kappa shape index (κ1) is 58.6. The fourth-order valence-electron chi connectivity index (χ4n) is 10.7. The maximum Gasteiger partial charge on any atom is 0.245 e. The van der Waals surface area contributed by atoms with E-state index in [9.17, 15) is 19.2 Å². The molecule has 4 N–H and O–H groups in total. The molecule has 9 rings (SSSR count). The summed E-state index contributed by atoms with van der Waals surface area (Å²) in [5.74, 6) is 1.54. The summed E-state index contributed by atoms with van der Waals surface area (Å²) < 4.78 is 23.6. The Labute approximate surface area is 471 Å². The Morgan fingerprint density at radius 2 is 1.05 bits per heavy atom. The van der Waals surface area contributed by atoms with Crippen molar-refractivity contribution in [2.24, 2.45) is 5.92 Å². The number of imidazole rings is 2. The maximum absolute atomic E-state index is 13.9. The molecule has 16 heteroatoms. The summed E-state index contributed by atoms with van der Waals surface area (Å²) in [5.41, 5.74) is 10.1. The number of aryl methyl sites for hydroxylation is 6. The second-order valence-electron chi connectivity index (χ2n) is 22.0. The number of methoxy groups -OCH3 is 2. The summed E-state index contributed by atoms with van der Waals surface area (Å²) in [5, 5.41) is 6.04. The molecule has 424 valence electrons. The lowest BCUT2D eigenvalue weighted by atomic mass is 9.81. The zero-order chi connectivity index (χ0) is 56.8. The quantitative estimate of drug-likeness (QED) is 0.0427. The van der Waals surface area contributed by atoms with Crippen LogP contribution in [0.5, 0.6) is 11.5 Å². The number of carbonyl (C=O) groups is 4. The van der Waals surface area contributed by atoms with Crippen LogP contribution in [0, 0.1) is 33.6 Å². The molecule has 2 saturated heterocycles. The minimum atomic E-state index is -0.700. The Hall–Kier alpha value is -7.56. The van der Waals surface area contributed by atoms with Crippen LogP contribution in [-0.2, 0) is 65.5 Å². The summed E-state index contributed by atoms with van der Waals surface area (Å²) in [7, 11) is 3.24. The lowest BCUT2D eigenvalue weighted by Crippen LogP contribution is -2.66. The van der Waals surface area contributed by atoms with E-state index in [1.807, 2.05) is 105 Å². The number of aromatic nitrogens is 4. The molecule has 3 aliphatic rings. The Morgan fingerprint density at radius 3 is 1.41 bits per heavy atom. The van der Waals surface area contributed by atoms with Gasteiger partial charge < -0.3 is 49.3 Å². The highest BCUT2D eigenvalue weighted by Gasteiger charge is 2.51. The average molecular weight is 1090 g/mol. The van der Waals surface area contributed by atoms with Crippen LogP contribution in [0.25, 0.3) is 0 Å². The van der Waals surface area contributed by atoms with Gasteiger partial charge in [-0.3, -0.25) is 19.2 Å². The van der Waals surface area contributed by atoms with Crippen molar-refractivity contribution in [3.8, 4) is 11.5 Å². The van der Waals surface area contributed by atoms with Crippen molar-refractivity contribution in [2.45, 2.75) is 123 Å². The van der Waals surface area contributed by atoms with E-state index in [1.54, 1.807) is 31.8 Å². The van der Waals surface area contributed by atoms with Gasteiger partial charge in [0.2, 0.25) is 23.6 Å². The number of hydrogen-bond acceptors (Lipinski definition) is 10. The molecule has 4 heterocycles. The molecule has 1 saturated carbocycles. The molecule has 0 radical (unpaired) electrons. The van der Waals surface area contributed by atoms with Crippen molar-refractivity contribution in [1.29, 1.82) is 0 Å². The molecular formula is C64H80N8O8. The summed E-state index contributed by atoms with van der Waals surface area (Å²) in [6, 6.07) is 30.3. The number of H-pyrrole nitrogens is 2. The van der Waals surface area contributed by atoms with E-state index in [2.05, 4.69) is 74.8 Å². The third kappa shape index (κ3) is 14.8. The number of ether oxygens (including phenoxy) is 4. The van der Waals surface area contributed by atoms with Crippen molar-refractivity contribution in [1.82, 2.24) is 40.4 Å². The minimum absolute atomic E-state index is 0.0865. The van der Waals surface area contributed by atoms with E-state index in [-0.39, 0.29) is 36.5 Å². The first-order valence-electron chi connectivity index (χ1n) is 28.0. The highest BCUT2D eigenvalue weighted by atomic mass is 16.5. The van der Waals surface area contributed by atoms with E-state index in [0.29, 0.717) is 64.4 Å². The lowest BCUT2D eigenvalue weighted by Gasteiger charge is -2.52. The molecule has 0 spiro atoms. The lowest BCUT2D eigenvalue weighted by molar-refractivity contribution is -0.181. The molecular weight excluding hydrogens is 1010 g/mol. The standard InChI is InChI=1S/2C32H40N4O4/c1-22-7-4-5-10-27(22)32(40-18-25-8-6-9-25)19-36(20-32)31(38)29(17-24-11-13-26(39-3)14-12-24)35-30(37)16-15-28-23(2)33-21-34-28;1-22(2)16-17-40-32(27-9-7-6-8-23(27)3)19-36(20-32)31(38)29(18-25-10-12-26(39-5)13-11-25)35-30(37)15-14-28-24(4)33-21-34-28/h4-5,7,10-14,21,25,29H,6,8-9,15-20H2,1-3H3,(H,33,34)(H,35,37);6-13,16,21,29H,14-15,17-20H2,1-5H3,(H,33,34)(H,35,37)/t2*29-/m11/s1. The Kier molecular flexibility index (Phi) is 19.8. The molecule has 4 aromatic carbocycles. The summed E-state index contributed by atoms with van der Waals surface area (Å²) in [6.07, 6.45) is 11.3. The SMILES string of the molecule is COc1ccc(C[C@@H](NC(=O)CCc2nc[nH]c2C)C(=O)N2CC(OCC3CCC3)(c3ccccc3C)C2)cc1.COc1ccc(C[C@@H](NC(=O)CCc2nc[nH]c2C)C(=O)N2CC(OCC=C(C)C)(c3ccccc3C)C2)cc1. The molecule has 0 bridgehead atoms. The van der Waals surface area contributed by atoms with Gasteiger partial charge in [-0.25, -0.2) is 9.97 Å². The highest BCUT2D eigenvalue weighted by Crippen LogP contribution is 2.41. The van der Waals surface area contributed by atoms with Crippen molar-refractivity contribution >= 4 is 23.6 Å². The largest absolute Gasteiger partial charge is 0.497 e. The Morgan fingerprint density at radius 1 is 0.625 bits per heavy atom. The second kappa shape index (κ2) is 27.1. The van der Waals surface area contributed by atoms with Crippen molar-refractivity contribution < 1.29 is 38.1 Å². The van der Waals surface area contributed by atoms with Crippen molar-refractivity contribution in [3.05, 3.63) is 178 Å². The van der Waals surface area contributed by atoms with E-state index in [0.717, 1.165) is 68.7 Å². The van der Waals surface area contributed by atoms with Gasteiger partial charge in [-0.1, -0.05) is 90.9 Å². The summed E-state index contributed by atoms with van der Waals surface area (Å²) in [4.78, 5) is 72.1. The van der Waals surface area contributed by atoms with Crippen molar-refractivity contribution in [2.75, 3.05) is 53.6 Å². The van der Waals surface area contributed by atoms with Gasteiger partial charge in [0.25, 0.3) is 0 Å². The number of aromatic amines is 2. The number of carbonyl (C=O) groups excluding carboxylic acids is 4. The molecule has 3 fully saturated rings. The maximum atomic E-state index is 13.9. The molecule has 0 unspecified atom stereocenters. The number of nitrogens with zero attached hydrogens (tertiary/aromatic N) is 4. The molecule has 2 aliphatic heterocycles. The van der Waals surface area contributed by atoms with E-state index < -0.39 is 23.3 Å². The zero-order valence-electron chi connectivity index (χ0n) is 47.9. The van der Waals surface area contributed by atoms with Gasteiger partial charge in [-0.05, 0) is 118 Å². The molecule has 1 aliphatic carbocycles. The van der Waals surface area contributed by atoms with Crippen LogP contribution in [0.3, 0.4) is 0 Å². The first-order chi connectivity index (χ1) is 38.6. The normalized spacial score (nSPS) is 15.8. The van der Waals surface area contributed by atoms with Crippen LogP contribution in [0.15, 0.2) is 121 Å². The first-order valence-corrected chi connectivity index (χ1v) is 28.0. The Bertz CT molecular complexity index is 3050. The summed E-state index contributed by atoms with van der Waals surface area (Å²) >= 11 is 0. The fraction of sp³-hybridized carbons (Fsp3) is 0.438. The fourth-order valence-corrected chi connectivity index (χ4v) is 10.7. The van der Waals surface area contributed by atoms with E-state index in [1.165, 1.54) is 30.4 Å². The smallest absolute Gasteiger partial charge is 0.245 e. The summed E-state index contributed by atoms with van der Waals surface area (Å²) in [6.45, 7) is 15.1. The molecule has 80 heavy (non-hydrogen) atoms. The van der Waals surface area contributed by atoms with Crippen LogP contribution in [0.4, 0.5) is 0 Å². The van der Waals surface area contributed by atoms with Gasteiger partial charge in [0, 0.05) is 49.9 Å². The highest BCUT2D eigenvalue weighted by molar-refractivity contribution is 5.89. The zero-order valence-corrected chi connectivity index (χ0v) is 47.9. The van der Waals surface area contributed by atoms with Gasteiger partial charge >= 0.3 is 0 Å². The number of likely N-dealkylation sites (tertiary alicyclic amines) is 2. The van der Waals surface area contributed by atoms with Crippen LogP contribution in [-0.4, -0.2) is 119 Å².